The molecule has 1 unspecified atom stereocenters. The fourth-order valence-electron chi connectivity index (χ4n) is 2.86. The van der Waals surface area contributed by atoms with Crippen molar-refractivity contribution in [3.63, 3.8) is 0 Å². The van der Waals surface area contributed by atoms with E-state index in [1.54, 1.807) is 0 Å². The maximum Gasteiger partial charge on any atom is 0.270 e. The SMILES string of the molecule is Cc1cc2cc(C(=O)N3CCC(C=NI)C3)[nH]c2cc1C. The lowest BCUT2D eigenvalue weighted by Gasteiger charge is -2.14. The van der Waals surface area contributed by atoms with Crippen molar-refractivity contribution in [3.05, 3.63) is 35.0 Å². The Hall–Kier alpha value is -1.37. The Morgan fingerprint density at radius 1 is 1.38 bits per heavy atom. The maximum absolute atomic E-state index is 12.6. The second kappa shape index (κ2) is 5.79. The number of aryl methyl sites for hydroxylation is 2. The molecule has 1 fully saturated rings. The van der Waals surface area contributed by atoms with E-state index in [0.717, 1.165) is 30.4 Å². The molecule has 1 N–H and O–H groups in total. The van der Waals surface area contributed by atoms with E-state index in [1.807, 2.05) is 40.0 Å². The normalized spacial score (nSPS) is 19.0. The molecule has 2 heterocycles. The van der Waals surface area contributed by atoms with Crippen LogP contribution in [0, 0.1) is 19.8 Å². The number of nitrogens with one attached hydrogen (secondary N) is 1. The van der Waals surface area contributed by atoms with Crippen LogP contribution in [0.25, 0.3) is 10.9 Å². The lowest BCUT2D eigenvalue weighted by Crippen LogP contribution is -2.29. The van der Waals surface area contributed by atoms with E-state index in [-0.39, 0.29) is 5.91 Å². The zero-order chi connectivity index (χ0) is 15.0. The van der Waals surface area contributed by atoms with E-state index in [9.17, 15) is 4.79 Å². The highest BCUT2D eigenvalue weighted by Crippen LogP contribution is 2.23. The molecule has 1 aromatic heterocycles. The zero-order valence-corrected chi connectivity index (χ0v) is 14.3. The number of aromatic nitrogens is 1. The number of amides is 1. The van der Waals surface area contributed by atoms with E-state index in [2.05, 4.69) is 34.2 Å². The minimum absolute atomic E-state index is 0.0888. The summed E-state index contributed by atoms with van der Waals surface area (Å²) in [4.78, 5) is 17.8. The minimum Gasteiger partial charge on any atom is -0.351 e. The number of carbonyl (C=O) groups is 1. The van der Waals surface area contributed by atoms with Gasteiger partial charge in [-0.3, -0.25) is 4.79 Å². The van der Waals surface area contributed by atoms with Crippen LogP contribution in [-0.4, -0.2) is 35.1 Å². The average molecular weight is 395 g/mol. The first-order valence-corrected chi connectivity index (χ1v) is 8.08. The second-order valence-corrected chi connectivity index (χ2v) is 6.31. The number of rotatable bonds is 2. The van der Waals surface area contributed by atoms with Gasteiger partial charge in [0.1, 0.15) is 5.69 Å². The molecular formula is C16H18IN3O. The van der Waals surface area contributed by atoms with Gasteiger partial charge in [0, 0.05) is 36.1 Å². The molecule has 1 aromatic carbocycles. The molecule has 0 bridgehead atoms. The molecule has 1 amide bonds. The number of nitrogens with zero attached hydrogens (tertiary/aromatic N) is 2. The third-order valence-electron chi connectivity index (χ3n) is 4.24. The molecule has 1 aliphatic rings. The summed E-state index contributed by atoms with van der Waals surface area (Å²) in [5.41, 5.74) is 4.20. The number of hydrogen-bond acceptors (Lipinski definition) is 2. The number of aromatic amines is 1. The molecule has 0 radical (unpaired) electrons. The Bertz CT molecular complexity index is 681. The van der Waals surface area contributed by atoms with Crippen molar-refractivity contribution in [1.29, 1.82) is 0 Å². The van der Waals surface area contributed by atoms with Gasteiger partial charge >= 0.3 is 0 Å². The highest BCUT2D eigenvalue weighted by Gasteiger charge is 2.26. The number of likely N-dealkylation sites (tertiary alicyclic amines) is 1. The van der Waals surface area contributed by atoms with Crippen molar-refractivity contribution in [3.8, 4) is 0 Å². The van der Waals surface area contributed by atoms with Crippen LogP contribution in [0.15, 0.2) is 21.4 Å². The van der Waals surface area contributed by atoms with Gasteiger partial charge in [-0.1, -0.05) is 0 Å². The van der Waals surface area contributed by atoms with E-state index in [1.165, 1.54) is 11.1 Å². The van der Waals surface area contributed by atoms with Gasteiger partial charge in [-0.2, -0.15) is 0 Å². The molecule has 0 aliphatic carbocycles. The van der Waals surface area contributed by atoms with Gasteiger partial charge in [0.05, 0.1) is 22.9 Å². The van der Waals surface area contributed by atoms with Crippen LogP contribution in [0.5, 0.6) is 0 Å². The molecule has 1 atom stereocenters. The lowest BCUT2D eigenvalue weighted by atomic mass is 10.1. The van der Waals surface area contributed by atoms with Gasteiger partial charge in [-0.05, 0) is 49.6 Å². The van der Waals surface area contributed by atoms with Crippen LogP contribution in [-0.2, 0) is 0 Å². The molecule has 1 aliphatic heterocycles. The summed E-state index contributed by atoms with van der Waals surface area (Å²) in [5, 5.41) is 1.10. The van der Waals surface area contributed by atoms with Crippen LogP contribution < -0.4 is 0 Å². The summed E-state index contributed by atoms with van der Waals surface area (Å²) in [5.74, 6) is 0.477. The summed E-state index contributed by atoms with van der Waals surface area (Å²) in [6, 6.07) is 6.20. The van der Waals surface area contributed by atoms with Gasteiger partial charge in [-0.25, -0.2) is 3.21 Å². The largest absolute Gasteiger partial charge is 0.351 e. The van der Waals surface area contributed by atoms with Crippen molar-refractivity contribution < 1.29 is 4.79 Å². The number of hydrogen-bond donors (Lipinski definition) is 1. The minimum atomic E-state index is 0.0888. The molecule has 5 heteroatoms. The van der Waals surface area contributed by atoms with E-state index in [0.29, 0.717) is 11.6 Å². The van der Waals surface area contributed by atoms with Gasteiger partial charge < -0.3 is 9.88 Å². The number of benzene rings is 1. The Kier molecular flexibility index (Phi) is 4.01. The predicted molar refractivity (Wildman–Crippen MR) is 94.3 cm³/mol. The summed E-state index contributed by atoms with van der Waals surface area (Å²) in [7, 11) is 0. The Balaban J connectivity index is 1.85. The molecule has 0 spiro atoms. The van der Waals surface area contributed by atoms with Crippen LogP contribution >= 0.6 is 22.9 Å². The quantitative estimate of drug-likeness (QED) is 0.612. The summed E-state index contributed by atoms with van der Waals surface area (Å²) < 4.78 is 4.04. The summed E-state index contributed by atoms with van der Waals surface area (Å²) in [6.07, 6.45) is 2.93. The fraction of sp³-hybridized carbons (Fsp3) is 0.375. The predicted octanol–water partition coefficient (Wildman–Crippen LogP) is 3.67. The number of H-pyrrole nitrogens is 1. The number of carbonyl (C=O) groups excluding carboxylic acids is 1. The molecule has 110 valence electrons. The topological polar surface area (TPSA) is 48.5 Å². The van der Waals surface area contributed by atoms with E-state index >= 15 is 0 Å². The molecule has 3 rings (SSSR count). The number of fused-ring (bicyclic) bond motifs is 1. The molecule has 1 saturated heterocycles. The van der Waals surface area contributed by atoms with Crippen LogP contribution in [0.2, 0.25) is 0 Å². The van der Waals surface area contributed by atoms with Crippen LogP contribution in [0.1, 0.15) is 28.0 Å². The van der Waals surface area contributed by atoms with Gasteiger partial charge in [0.15, 0.2) is 0 Å². The van der Waals surface area contributed by atoms with Crippen molar-refractivity contribution in [1.82, 2.24) is 9.88 Å². The first-order valence-electron chi connectivity index (χ1n) is 7.12. The van der Waals surface area contributed by atoms with Crippen molar-refractivity contribution in [2.45, 2.75) is 20.3 Å². The van der Waals surface area contributed by atoms with E-state index < -0.39 is 0 Å². The summed E-state index contributed by atoms with van der Waals surface area (Å²) >= 11 is 1.99. The Morgan fingerprint density at radius 2 is 2.14 bits per heavy atom. The lowest BCUT2D eigenvalue weighted by molar-refractivity contribution is 0.0785. The molecule has 21 heavy (non-hydrogen) atoms. The van der Waals surface area contributed by atoms with Gasteiger partial charge in [0.25, 0.3) is 5.91 Å². The second-order valence-electron chi connectivity index (χ2n) is 5.75. The van der Waals surface area contributed by atoms with Crippen LogP contribution in [0.4, 0.5) is 0 Å². The standard InChI is InChI=1S/C16H18IN3O/c1-10-5-13-7-15(19-14(13)6-11(10)2)16(21)20-4-3-12(9-20)8-18-17/h5-8,12,19H,3-4,9H2,1-2H3. The highest BCUT2D eigenvalue weighted by molar-refractivity contribution is 14.1. The first-order chi connectivity index (χ1) is 10.1. The third-order valence-corrected chi connectivity index (χ3v) is 4.57. The average Bonchev–Trinajstić information content (AvgIpc) is 3.06. The fourth-order valence-corrected chi connectivity index (χ4v) is 3.32. The van der Waals surface area contributed by atoms with Gasteiger partial charge in [-0.15, -0.1) is 0 Å². The summed E-state index contributed by atoms with van der Waals surface area (Å²) in [6.45, 7) is 5.75. The first kappa shape index (κ1) is 14.6. The number of halogens is 1. The Morgan fingerprint density at radius 3 is 2.90 bits per heavy atom. The smallest absolute Gasteiger partial charge is 0.270 e. The maximum atomic E-state index is 12.6. The Labute approximate surface area is 138 Å². The monoisotopic (exact) mass is 395 g/mol. The van der Waals surface area contributed by atoms with Crippen molar-refractivity contribution in [2.24, 2.45) is 9.12 Å². The van der Waals surface area contributed by atoms with Gasteiger partial charge in [0.2, 0.25) is 0 Å². The van der Waals surface area contributed by atoms with E-state index in [4.69, 9.17) is 0 Å². The zero-order valence-electron chi connectivity index (χ0n) is 12.2. The highest BCUT2D eigenvalue weighted by atomic mass is 127. The van der Waals surface area contributed by atoms with Crippen molar-refractivity contribution in [2.75, 3.05) is 13.1 Å². The molecule has 4 nitrogen and oxygen atoms in total. The van der Waals surface area contributed by atoms with Crippen molar-refractivity contribution >= 4 is 45.9 Å². The third kappa shape index (κ3) is 2.84. The molecule has 0 saturated carbocycles. The van der Waals surface area contributed by atoms with Crippen LogP contribution in [0.3, 0.4) is 0 Å². The molecule has 2 aromatic rings. The molecular weight excluding hydrogens is 377 g/mol.